The van der Waals surface area contributed by atoms with Crippen LogP contribution < -0.4 is 4.72 Å². The largest absolute Gasteiger partial charge is 0.302 e. The number of hydrogen-bond donors (Lipinski definition) is 1. The van der Waals surface area contributed by atoms with Gasteiger partial charge in [-0.3, -0.25) is 9.71 Å². The van der Waals surface area contributed by atoms with Crippen LogP contribution in [0.25, 0.3) is 4.85 Å². The molecule has 0 radical (unpaired) electrons. The predicted molar refractivity (Wildman–Crippen MR) is 95.6 cm³/mol. The molecule has 1 saturated heterocycles. The van der Waals surface area contributed by atoms with E-state index in [-0.39, 0.29) is 5.92 Å². The number of nitrogens with one attached hydrogen (secondary N) is 1. The molecule has 0 amide bonds. The first-order valence-electron chi connectivity index (χ1n) is 8.03. The molecule has 1 N–H and O–H groups in total. The number of rotatable bonds is 4. The lowest BCUT2D eigenvalue weighted by Crippen LogP contribution is -2.41. The van der Waals surface area contributed by atoms with Gasteiger partial charge in [0.05, 0.1) is 6.57 Å². The van der Waals surface area contributed by atoms with Gasteiger partial charge in [0.1, 0.15) is 5.82 Å². The van der Waals surface area contributed by atoms with Crippen molar-refractivity contribution in [3.05, 3.63) is 59.3 Å². The van der Waals surface area contributed by atoms with Crippen LogP contribution in [-0.2, 0) is 10.2 Å². The molecule has 130 valence electrons. The summed E-state index contributed by atoms with van der Waals surface area (Å²) in [7, 11) is -3.61. The standard InChI is InChI=1S/C17H19N5O2S/c1-13-4-3-5-17(20-13)21-25(23,24)22-10-8-14(9-11-22)16-7-6-15(18-2)12-19-16/h3-7,12,14H,8-11H2,1H3,(H,20,21). The third-order valence-electron chi connectivity index (χ3n) is 4.23. The second-order valence-electron chi connectivity index (χ2n) is 6.00. The average Bonchev–Trinajstić information content (AvgIpc) is 2.61. The SMILES string of the molecule is [C-]#[N+]c1ccc(C2CCN(S(=O)(=O)Nc3cccc(C)n3)CC2)nc1. The molecule has 3 heterocycles. The summed E-state index contributed by atoms with van der Waals surface area (Å²) in [6, 6.07) is 8.83. The zero-order chi connectivity index (χ0) is 17.9. The van der Waals surface area contributed by atoms with E-state index in [2.05, 4.69) is 19.5 Å². The van der Waals surface area contributed by atoms with Gasteiger partial charge in [0.15, 0.2) is 0 Å². The Morgan fingerprint density at radius 1 is 1.24 bits per heavy atom. The van der Waals surface area contributed by atoms with Crippen LogP contribution in [0.1, 0.15) is 30.1 Å². The summed E-state index contributed by atoms with van der Waals surface area (Å²) >= 11 is 0. The van der Waals surface area contributed by atoms with Gasteiger partial charge in [-0.15, -0.1) is 0 Å². The van der Waals surface area contributed by atoms with Crippen molar-refractivity contribution in [3.8, 4) is 0 Å². The van der Waals surface area contributed by atoms with Gasteiger partial charge in [-0.2, -0.15) is 12.7 Å². The fourth-order valence-corrected chi connectivity index (χ4v) is 4.09. The lowest BCUT2D eigenvalue weighted by Gasteiger charge is -2.30. The van der Waals surface area contributed by atoms with Gasteiger partial charge in [-0.05, 0) is 31.9 Å². The summed E-state index contributed by atoms with van der Waals surface area (Å²) < 4.78 is 29.0. The van der Waals surface area contributed by atoms with Crippen molar-refractivity contribution in [1.82, 2.24) is 14.3 Å². The third kappa shape index (κ3) is 4.13. The molecule has 0 bridgehead atoms. The maximum Gasteiger partial charge on any atom is 0.302 e. The van der Waals surface area contributed by atoms with Gasteiger partial charge in [0, 0.05) is 36.6 Å². The fraction of sp³-hybridized carbons (Fsp3) is 0.353. The first-order chi connectivity index (χ1) is 12.0. The molecule has 0 saturated carbocycles. The van der Waals surface area contributed by atoms with Crippen LogP contribution in [0.4, 0.5) is 11.5 Å². The van der Waals surface area contributed by atoms with Crippen molar-refractivity contribution < 1.29 is 8.42 Å². The van der Waals surface area contributed by atoms with E-state index in [1.165, 1.54) is 4.31 Å². The molecule has 25 heavy (non-hydrogen) atoms. The van der Waals surface area contributed by atoms with Crippen molar-refractivity contribution >= 4 is 21.7 Å². The second kappa shape index (κ2) is 7.17. The Morgan fingerprint density at radius 2 is 2.00 bits per heavy atom. The topological polar surface area (TPSA) is 79.5 Å². The van der Waals surface area contributed by atoms with Crippen molar-refractivity contribution in [2.24, 2.45) is 0 Å². The van der Waals surface area contributed by atoms with E-state index >= 15 is 0 Å². The first-order valence-corrected chi connectivity index (χ1v) is 9.47. The molecule has 3 rings (SSSR count). The Hall–Kier alpha value is -2.50. The van der Waals surface area contributed by atoms with Crippen LogP contribution in [0.3, 0.4) is 0 Å². The minimum atomic E-state index is -3.61. The number of nitrogens with zero attached hydrogens (tertiary/aromatic N) is 4. The second-order valence-corrected chi connectivity index (χ2v) is 7.67. The highest BCUT2D eigenvalue weighted by Gasteiger charge is 2.29. The van der Waals surface area contributed by atoms with Gasteiger partial charge in [-0.1, -0.05) is 18.2 Å². The number of anilines is 1. The van der Waals surface area contributed by atoms with Crippen LogP contribution in [0, 0.1) is 13.5 Å². The third-order valence-corrected chi connectivity index (χ3v) is 5.75. The minimum absolute atomic E-state index is 0.211. The molecule has 2 aromatic heterocycles. The van der Waals surface area contributed by atoms with Crippen LogP contribution >= 0.6 is 0 Å². The average molecular weight is 357 g/mol. The molecule has 7 nitrogen and oxygen atoms in total. The lowest BCUT2D eigenvalue weighted by atomic mass is 9.94. The van der Waals surface area contributed by atoms with Crippen molar-refractivity contribution in [3.63, 3.8) is 0 Å². The summed E-state index contributed by atoms with van der Waals surface area (Å²) in [6.45, 7) is 9.63. The van der Waals surface area contributed by atoms with Gasteiger partial charge in [-0.25, -0.2) is 9.83 Å². The van der Waals surface area contributed by atoms with Crippen LogP contribution in [0.2, 0.25) is 0 Å². The molecular formula is C17H19N5O2S. The maximum absolute atomic E-state index is 12.5. The summed E-state index contributed by atoms with van der Waals surface area (Å²) in [6.07, 6.45) is 2.97. The quantitative estimate of drug-likeness (QED) is 0.853. The molecule has 1 fully saturated rings. The molecular weight excluding hydrogens is 338 g/mol. The van der Waals surface area contributed by atoms with E-state index in [1.807, 2.05) is 19.1 Å². The Labute approximate surface area is 147 Å². The summed E-state index contributed by atoms with van der Waals surface area (Å²) in [5, 5.41) is 0. The molecule has 0 spiro atoms. The van der Waals surface area contributed by atoms with Crippen molar-refractivity contribution in [1.29, 1.82) is 0 Å². The number of pyridine rings is 2. The molecule has 8 heteroatoms. The van der Waals surface area contributed by atoms with Gasteiger partial charge in [0.25, 0.3) is 0 Å². The van der Waals surface area contributed by atoms with E-state index in [9.17, 15) is 8.42 Å². The molecule has 0 aromatic carbocycles. The van der Waals surface area contributed by atoms with Crippen LogP contribution in [0.5, 0.6) is 0 Å². The number of hydrogen-bond acceptors (Lipinski definition) is 4. The molecule has 0 aliphatic carbocycles. The maximum atomic E-state index is 12.5. The van der Waals surface area contributed by atoms with E-state index in [4.69, 9.17) is 6.57 Å². The normalized spacial score (nSPS) is 16.3. The van der Waals surface area contributed by atoms with Crippen LogP contribution in [-0.4, -0.2) is 35.8 Å². The van der Waals surface area contributed by atoms with E-state index in [0.717, 1.165) is 11.4 Å². The molecule has 0 atom stereocenters. The van der Waals surface area contributed by atoms with Gasteiger partial charge in [0.2, 0.25) is 5.69 Å². The van der Waals surface area contributed by atoms with Gasteiger partial charge < -0.3 is 0 Å². The minimum Gasteiger partial charge on any atom is -0.273 e. The number of piperidine rings is 1. The van der Waals surface area contributed by atoms with E-state index < -0.39 is 10.2 Å². The monoisotopic (exact) mass is 357 g/mol. The Morgan fingerprint density at radius 3 is 2.60 bits per heavy atom. The zero-order valence-electron chi connectivity index (χ0n) is 13.9. The summed E-state index contributed by atoms with van der Waals surface area (Å²) in [5.41, 5.74) is 2.18. The summed E-state index contributed by atoms with van der Waals surface area (Å²) in [4.78, 5) is 11.8. The number of aromatic nitrogens is 2. The first kappa shape index (κ1) is 17.3. The lowest BCUT2D eigenvalue weighted by molar-refractivity contribution is 0.318. The Kier molecular flexibility index (Phi) is 4.97. The Balaban J connectivity index is 1.63. The number of aryl methyl sites for hydroxylation is 1. The molecule has 1 aliphatic heterocycles. The molecule has 0 unspecified atom stereocenters. The fourth-order valence-electron chi connectivity index (χ4n) is 2.89. The molecule has 1 aliphatic rings. The highest BCUT2D eigenvalue weighted by atomic mass is 32.2. The zero-order valence-corrected chi connectivity index (χ0v) is 14.7. The Bertz CT molecular complexity index is 882. The van der Waals surface area contributed by atoms with Crippen molar-refractivity contribution in [2.75, 3.05) is 17.8 Å². The highest BCUT2D eigenvalue weighted by Crippen LogP contribution is 2.29. The summed E-state index contributed by atoms with van der Waals surface area (Å²) in [5.74, 6) is 0.543. The van der Waals surface area contributed by atoms with E-state index in [0.29, 0.717) is 37.4 Å². The van der Waals surface area contributed by atoms with E-state index in [1.54, 1.807) is 24.4 Å². The highest BCUT2D eigenvalue weighted by molar-refractivity contribution is 7.90. The predicted octanol–water partition coefficient (Wildman–Crippen LogP) is 2.87. The van der Waals surface area contributed by atoms with Crippen LogP contribution in [0.15, 0.2) is 36.5 Å². The van der Waals surface area contributed by atoms with Gasteiger partial charge >= 0.3 is 10.2 Å². The molecule has 2 aromatic rings. The smallest absolute Gasteiger partial charge is 0.273 e. The van der Waals surface area contributed by atoms with Crippen molar-refractivity contribution in [2.45, 2.75) is 25.7 Å².